The first-order chi connectivity index (χ1) is 9.33. The molecular formula is C13H17N3O4. The van der Waals surface area contributed by atoms with Gasteiger partial charge in [-0.2, -0.15) is 0 Å². The summed E-state index contributed by atoms with van der Waals surface area (Å²) in [5.41, 5.74) is 5.57. The molecular weight excluding hydrogens is 262 g/mol. The molecule has 0 spiro atoms. The van der Waals surface area contributed by atoms with Crippen LogP contribution < -0.4 is 5.73 Å². The summed E-state index contributed by atoms with van der Waals surface area (Å²) in [6.07, 6.45) is 0. The predicted molar refractivity (Wildman–Crippen MR) is 73.4 cm³/mol. The second-order valence-corrected chi connectivity index (χ2v) is 5.35. The first-order valence-electron chi connectivity index (χ1n) is 6.26. The number of hydrogen-bond acceptors (Lipinski definition) is 5. The monoisotopic (exact) mass is 279 g/mol. The number of morpholine rings is 1. The lowest BCUT2D eigenvalue weighted by Crippen LogP contribution is -2.55. The topological polar surface area (TPSA) is 98.7 Å². The number of nitrogens with two attached hydrogens (primary N) is 1. The lowest BCUT2D eigenvalue weighted by molar-refractivity contribution is -0.384. The SMILES string of the molecule is CC1(C)COCCN1C(=O)c1cc([N+](=O)[O-])ccc1N. The van der Waals surface area contributed by atoms with Gasteiger partial charge >= 0.3 is 0 Å². The van der Waals surface area contributed by atoms with Crippen LogP contribution in [0.5, 0.6) is 0 Å². The van der Waals surface area contributed by atoms with Gasteiger partial charge in [0.05, 0.1) is 29.2 Å². The van der Waals surface area contributed by atoms with Crippen molar-refractivity contribution in [3.8, 4) is 0 Å². The van der Waals surface area contributed by atoms with Crippen molar-refractivity contribution in [3.05, 3.63) is 33.9 Å². The van der Waals surface area contributed by atoms with Gasteiger partial charge in [0.2, 0.25) is 0 Å². The van der Waals surface area contributed by atoms with Gasteiger partial charge in [-0.25, -0.2) is 0 Å². The van der Waals surface area contributed by atoms with Crippen molar-refractivity contribution in [1.82, 2.24) is 4.90 Å². The Bertz CT molecular complexity index is 557. The van der Waals surface area contributed by atoms with E-state index in [2.05, 4.69) is 0 Å². The highest BCUT2D eigenvalue weighted by molar-refractivity contribution is 6.00. The average Bonchev–Trinajstić information content (AvgIpc) is 2.37. The molecule has 1 aromatic carbocycles. The minimum atomic E-state index is -0.541. The van der Waals surface area contributed by atoms with E-state index in [4.69, 9.17) is 10.5 Å². The molecule has 1 aromatic rings. The third-order valence-corrected chi connectivity index (χ3v) is 3.37. The quantitative estimate of drug-likeness (QED) is 0.501. The highest BCUT2D eigenvalue weighted by Gasteiger charge is 2.35. The van der Waals surface area contributed by atoms with Crippen LogP contribution in [0.4, 0.5) is 11.4 Å². The fourth-order valence-electron chi connectivity index (χ4n) is 2.22. The summed E-state index contributed by atoms with van der Waals surface area (Å²) in [5, 5.41) is 10.8. The zero-order valence-corrected chi connectivity index (χ0v) is 11.5. The predicted octanol–water partition coefficient (Wildman–Crippen LogP) is 1.43. The van der Waals surface area contributed by atoms with E-state index in [0.717, 1.165) is 0 Å². The van der Waals surface area contributed by atoms with E-state index < -0.39 is 10.5 Å². The third kappa shape index (κ3) is 2.57. The van der Waals surface area contributed by atoms with Crippen LogP contribution in [0.15, 0.2) is 18.2 Å². The van der Waals surface area contributed by atoms with Gasteiger partial charge in [-0.1, -0.05) is 0 Å². The molecule has 1 fully saturated rings. The van der Waals surface area contributed by atoms with E-state index in [0.29, 0.717) is 19.8 Å². The number of nitro groups is 1. The summed E-state index contributed by atoms with van der Waals surface area (Å²) in [5.74, 6) is -0.306. The first-order valence-corrected chi connectivity index (χ1v) is 6.26. The number of hydrogen-bond donors (Lipinski definition) is 1. The Morgan fingerprint density at radius 3 is 2.80 bits per heavy atom. The summed E-state index contributed by atoms with van der Waals surface area (Å²) < 4.78 is 5.36. The molecule has 0 atom stereocenters. The van der Waals surface area contributed by atoms with Gasteiger partial charge in [0, 0.05) is 24.4 Å². The van der Waals surface area contributed by atoms with E-state index in [1.807, 2.05) is 13.8 Å². The Labute approximate surface area is 116 Å². The molecule has 108 valence electrons. The Morgan fingerprint density at radius 1 is 1.50 bits per heavy atom. The maximum absolute atomic E-state index is 12.6. The summed E-state index contributed by atoms with van der Waals surface area (Å²) >= 11 is 0. The molecule has 1 aliphatic rings. The van der Waals surface area contributed by atoms with Crippen molar-refractivity contribution in [2.24, 2.45) is 0 Å². The van der Waals surface area contributed by atoms with Crippen LogP contribution in [0.3, 0.4) is 0 Å². The maximum Gasteiger partial charge on any atom is 0.270 e. The summed E-state index contributed by atoms with van der Waals surface area (Å²) in [6, 6.07) is 3.90. The van der Waals surface area contributed by atoms with Crippen molar-refractivity contribution in [2.75, 3.05) is 25.5 Å². The molecule has 1 saturated heterocycles. The van der Waals surface area contributed by atoms with E-state index in [9.17, 15) is 14.9 Å². The first kappa shape index (κ1) is 14.3. The second kappa shape index (κ2) is 5.09. The Hall–Kier alpha value is -2.15. The number of ether oxygens (including phenoxy) is 1. The standard InChI is InChI=1S/C13H17N3O4/c1-13(2)8-20-6-5-15(13)12(17)10-7-9(16(18)19)3-4-11(10)14/h3-4,7H,5-6,8,14H2,1-2H3. The van der Waals surface area contributed by atoms with Crippen LogP contribution in [0.1, 0.15) is 24.2 Å². The molecule has 1 amide bonds. The van der Waals surface area contributed by atoms with Gasteiger partial charge in [-0.05, 0) is 19.9 Å². The summed E-state index contributed by atoms with van der Waals surface area (Å²) in [4.78, 5) is 24.5. The smallest absolute Gasteiger partial charge is 0.270 e. The molecule has 2 N–H and O–H groups in total. The Balaban J connectivity index is 2.37. The Kier molecular flexibility index (Phi) is 3.63. The molecule has 20 heavy (non-hydrogen) atoms. The average molecular weight is 279 g/mol. The van der Waals surface area contributed by atoms with Gasteiger partial charge in [0.1, 0.15) is 0 Å². The molecule has 0 bridgehead atoms. The van der Waals surface area contributed by atoms with Crippen LogP contribution in [-0.2, 0) is 4.74 Å². The van der Waals surface area contributed by atoms with E-state index >= 15 is 0 Å². The molecule has 0 radical (unpaired) electrons. The van der Waals surface area contributed by atoms with Gasteiger partial charge in [-0.3, -0.25) is 14.9 Å². The number of amides is 1. The van der Waals surface area contributed by atoms with Crippen molar-refractivity contribution < 1.29 is 14.5 Å². The number of non-ortho nitro benzene ring substituents is 1. The van der Waals surface area contributed by atoms with Gasteiger partial charge in [0.25, 0.3) is 11.6 Å². The number of carbonyl (C=O) groups is 1. The zero-order valence-electron chi connectivity index (χ0n) is 11.5. The summed E-state index contributed by atoms with van der Waals surface area (Å²) in [7, 11) is 0. The number of nitrogen functional groups attached to an aromatic ring is 1. The molecule has 0 unspecified atom stereocenters. The van der Waals surface area contributed by atoms with Crippen molar-refractivity contribution in [1.29, 1.82) is 0 Å². The van der Waals surface area contributed by atoms with Crippen LogP contribution >= 0.6 is 0 Å². The molecule has 1 aliphatic heterocycles. The third-order valence-electron chi connectivity index (χ3n) is 3.37. The fourth-order valence-corrected chi connectivity index (χ4v) is 2.22. The van der Waals surface area contributed by atoms with Gasteiger partial charge < -0.3 is 15.4 Å². The van der Waals surface area contributed by atoms with Crippen molar-refractivity contribution in [2.45, 2.75) is 19.4 Å². The zero-order chi connectivity index (χ0) is 14.9. The number of benzene rings is 1. The summed E-state index contributed by atoms with van der Waals surface area (Å²) in [6.45, 7) is 5.08. The van der Waals surface area contributed by atoms with Crippen molar-refractivity contribution >= 4 is 17.3 Å². The van der Waals surface area contributed by atoms with Crippen LogP contribution in [0.2, 0.25) is 0 Å². The highest BCUT2D eigenvalue weighted by atomic mass is 16.6. The number of rotatable bonds is 2. The van der Waals surface area contributed by atoms with E-state index in [1.165, 1.54) is 18.2 Å². The van der Waals surface area contributed by atoms with Crippen LogP contribution in [-0.4, -0.2) is 41.0 Å². The molecule has 0 aliphatic carbocycles. The molecule has 0 saturated carbocycles. The van der Waals surface area contributed by atoms with E-state index in [-0.39, 0.29) is 22.8 Å². The number of anilines is 1. The lowest BCUT2D eigenvalue weighted by Gasteiger charge is -2.42. The fraction of sp³-hybridized carbons (Fsp3) is 0.462. The Morgan fingerprint density at radius 2 is 2.20 bits per heavy atom. The molecule has 1 heterocycles. The highest BCUT2D eigenvalue weighted by Crippen LogP contribution is 2.26. The minimum Gasteiger partial charge on any atom is -0.398 e. The normalized spacial score (nSPS) is 17.8. The van der Waals surface area contributed by atoms with E-state index in [1.54, 1.807) is 4.90 Å². The van der Waals surface area contributed by atoms with Gasteiger partial charge in [-0.15, -0.1) is 0 Å². The number of nitrogens with zero attached hydrogens (tertiary/aromatic N) is 2. The lowest BCUT2D eigenvalue weighted by atomic mass is 10.00. The largest absolute Gasteiger partial charge is 0.398 e. The molecule has 0 aromatic heterocycles. The molecule has 7 nitrogen and oxygen atoms in total. The van der Waals surface area contributed by atoms with Crippen LogP contribution in [0.25, 0.3) is 0 Å². The number of carbonyl (C=O) groups excluding carboxylic acids is 1. The van der Waals surface area contributed by atoms with Crippen molar-refractivity contribution in [3.63, 3.8) is 0 Å². The van der Waals surface area contributed by atoms with Crippen LogP contribution in [0, 0.1) is 10.1 Å². The van der Waals surface area contributed by atoms with Gasteiger partial charge in [0.15, 0.2) is 0 Å². The maximum atomic E-state index is 12.6. The minimum absolute atomic E-state index is 0.145. The second-order valence-electron chi connectivity index (χ2n) is 5.35. The molecule has 2 rings (SSSR count). The number of nitro benzene ring substituents is 1. The molecule has 7 heteroatoms.